The minimum atomic E-state index is 0.473. The lowest BCUT2D eigenvalue weighted by atomic mass is 10.1. The topological polar surface area (TPSA) is 41.1 Å². The van der Waals surface area contributed by atoms with E-state index < -0.39 is 0 Å². The fourth-order valence-corrected chi connectivity index (χ4v) is 1.93. The molecule has 1 heterocycles. The lowest BCUT2D eigenvalue weighted by molar-refractivity contribution is 0.938. The second-order valence-electron chi connectivity index (χ2n) is 4.48. The molecule has 0 amide bonds. The molecule has 0 spiro atoms. The number of nitrogens with zero attached hydrogens (tertiary/aromatic N) is 3. The van der Waals surface area contributed by atoms with E-state index >= 15 is 0 Å². The van der Waals surface area contributed by atoms with Gasteiger partial charge in [0.15, 0.2) is 0 Å². The normalized spacial score (nSPS) is 10.3. The number of hydrogen-bond donors (Lipinski definition) is 1. The maximum absolute atomic E-state index is 6.02. The van der Waals surface area contributed by atoms with Crippen LogP contribution >= 0.6 is 11.6 Å². The summed E-state index contributed by atoms with van der Waals surface area (Å²) in [4.78, 5) is 10.7. The van der Waals surface area contributed by atoms with Crippen LogP contribution < -0.4 is 10.2 Å². The predicted molar refractivity (Wildman–Crippen MR) is 80.2 cm³/mol. The zero-order valence-corrected chi connectivity index (χ0v) is 12.1. The molecule has 19 heavy (non-hydrogen) atoms. The Morgan fingerprint density at radius 1 is 1.16 bits per heavy atom. The van der Waals surface area contributed by atoms with Crippen LogP contribution in [0.15, 0.2) is 30.3 Å². The zero-order valence-electron chi connectivity index (χ0n) is 11.3. The van der Waals surface area contributed by atoms with Crippen LogP contribution in [0.2, 0.25) is 5.15 Å². The summed E-state index contributed by atoms with van der Waals surface area (Å²) in [7, 11) is 5.77. The number of aromatic nitrogens is 2. The van der Waals surface area contributed by atoms with Crippen LogP contribution in [0.5, 0.6) is 0 Å². The molecule has 0 atom stereocenters. The van der Waals surface area contributed by atoms with Crippen LogP contribution in [0.1, 0.15) is 11.4 Å². The summed E-state index contributed by atoms with van der Waals surface area (Å²) in [5.74, 6) is 1.55. The average molecular weight is 277 g/mol. The molecule has 100 valence electrons. The highest BCUT2D eigenvalue weighted by atomic mass is 35.5. The van der Waals surface area contributed by atoms with Crippen LogP contribution in [0.4, 0.5) is 11.5 Å². The Morgan fingerprint density at radius 2 is 1.84 bits per heavy atom. The molecule has 0 radical (unpaired) electrons. The molecule has 1 N–H and O–H groups in total. The summed E-state index contributed by atoms with van der Waals surface area (Å²) in [6.45, 7) is 0. The molecule has 0 unspecified atom stereocenters. The monoisotopic (exact) mass is 276 g/mol. The standard InChI is InChI=1S/C14H17ClN4/c1-16-11-6-4-10(5-7-11)8-13-17-12(15)9-14(18-13)19(2)3/h4-7,9,16H,8H2,1-3H3. The van der Waals surface area contributed by atoms with Gasteiger partial charge in [-0.25, -0.2) is 9.97 Å². The Kier molecular flexibility index (Phi) is 4.22. The summed E-state index contributed by atoms with van der Waals surface area (Å²) >= 11 is 6.02. The van der Waals surface area contributed by atoms with Gasteiger partial charge in [-0.15, -0.1) is 0 Å². The van der Waals surface area contributed by atoms with E-state index in [0.29, 0.717) is 11.6 Å². The number of rotatable bonds is 4. The van der Waals surface area contributed by atoms with E-state index in [4.69, 9.17) is 11.6 Å². The van der Waals surface area contributed by atoms with Crippen LogP contribution in [-0.2, 0) is 6.42 Å². The number of benzene rings is 1. The lowest BCUT2D eigenvalue weighted by Crippen LogP contribution is -2.12. The second kappa shape index (κ2) is 5.89. The molecule has 2 aromatic rings. The first kappa shape index (κ1) is 13.6. The number of nitrogens with one attached hydrogen (secondary N) is 1. The minimum Gasteiger partial charge on any atom is -0.388 e. The molecule has 2 rings (SSSR count). The molecule has 0 aliphatic rings. The van der Waals surface area contributed by atoms with Gasteiger partial charge in [0.1, 0.15) is 16.8 Å². The van der Waals surface area contributed by atoms with Crippen molar-refractivity contribution in [2.45, 2.75) is 6.42 Å². The highest BCUT2D eigenvalue weighted by Gasteiger charge is 2.06. The van der Waals surface area contributed by atoms with E-state index in [1.165, 1.54) is 0 Å². The van der Waals surface area contributed by atoms with Crippen molar-refractivity contribution in [2.75, 3.05) is 31.4 Å². The Bertz CT molecular complexity index is 552. The van der Waals surface area contributed by atoms with Crippen molar-refractivity contribution < 1.29 is 0 Å². The van der Waals surface area contributed by atoms with Crippen molar-refractivity contribution in [3.63, 3.8) is 0 Å². The first-order chi connectivity index (χ1) is 9.08. The molecular weight excluding hydrogens is 260 g/mol. The summed E-state index contributed by atoms with van der Waals surface area (Å²) in [5, 5.41) is 3.56. The first-order valence-corrected chi connectivity index (χ1v) is 6.44. The maximum Gasteiger partial charge on any atom is 0.136 e. The summed E-state index contributed by atoms with van der Waals surface area (Å²) in [6.07, 6.45) is 0.672. The molecule has 0 bridgehead atoms. The van der Waals surface area contributed by atoms with Crippen LogP contribution in [0.3, 0.4) is 0 Å². The van der Waals surface area contributed by atoms with Crippen molar-refractivity contribution in [3.05, 3.63) is 46.9 Å². The van der Waals surface area contributed by atoms with Crippen LogP contribution in [0, 0.1) is 0 Å². The highest BCUT2D eigenvalue weighted by molar-refractivity contribution is 6.29. The summed E-state index contributed by atoms with van der Waals surface area (Å²) < 4.78 is 0. The molecule has 0 saturated carbocycles. The van der Waals surface area contributed by atoms with Gasteiger partial charge in [-0.2, -0.15) is 0 Å². The maximum atomic E-state index is 6.02. The van der Waals surface area contributed by atoms with Crippen molar-refractivity contribution in [2.24, 2.45) is 0 Å². The van der Waals surface area contributed by atoms with Gasteiger partial charge in [-0.3, -0.25) is 0 Å². The minimum absolute atomic E-state index is 0.473. The van der Waals surface area contributed by atoms with E-state index in [9.17, 15) is 0 Å². The van der Waals surface area contributed by atoms with Gasteiger partial charge < -0.3 is 10.2 Å². The third kappa shape index (κ3) is 3.58. The summed E-state index contributed by atoms with van der Waals surface area (Å²) in [5.41, 5.74) is 2.25. The second-order valence-corrected chi connectivity index (χ2v) is 4.87. The third-order valence-electron chi connectivity index (χ3n) is 2.79. The van der Waals surface area contributed by atoms with E-state index in [1.54, 1.807) is 6.07 Å². The van der Waals surface area contributed by atoms with E-state index in [2.05, 4.69) is 27.4 Å². The molecule has 0 fully saturated rings. The van der Waals surface area contributed by atoms with Gasteiger partial charge >= 0.3 is 0 Å². The van der Waals surface area contributed by atoms with Crippen molar-refractivity contribution in [3.8, 4) is 0 Å². The molecule has 1 aromatic carbocycles. The first-order valence-electron chi connectivity index (χ1n) is 6.06. The van der Waals surface area contributed by atoms with E-state index in [-0.39, 0.29) is 0 Å². The summed E-state index contributed by atoms with van der Waals surface area (Å²) in [6, 6.07) is 9.95. The zero-order chi connectivity index (χ0) is 13.8. The highest BCUT2D eigenvalue weighted by Crippen LogP contribution is 2.17. The fourth-order valence-electron chi connectivity index (χ4n) is 1.73. The Balaban J connectivity index is 2.22. The quantitative estimate of drug-likeness (QED) is 0.872. The van der Waals surface area contributed by atoms with Gasteiger partial charge in [0, 0.05) is 39.3 Å². The average Bonchev–Trinajstić information content (AvgIpc) is 2.39. The SMILES string of the molecule is CNc1ccc(Cc2nc(Cl)cc(N(C)C)n2)cc1. The number of anilines is 2. The molecule has 1 aromatic heterocycles. The Labute approximate surface area is 118 Å². The number of hydrogen-bond acceptors (Lipinski definition) is 4. The molecule has 0 aliphatic heterocycles. The molecular formula is C14H17ClN4. The van der Waals surface area contributed by atoms with Crippen molar-refractivity contribution in [1.82, 2.24) is 9.97 Å². The molecule has 5 heteroatoms. The van der Waals surface area contributed by atoms with Gasteiger partial charge in [-0.05, 0) is 17.7 Å². The van der Waals surface area contributed by atoms with Crippen molar-refractivity contribution >= 4 is 23.1 Å². The fraction of sp³-hybridized carbons (Fsp3) is 0.286. The largest absolute Gasteiger partial charge is 0.388 e. The van der Waals surface area contributed by atoms with Crippen LogP contribution in [0.25, 0.3) is 0 Å². The van der Waals surface area contributed by atoms with Gasteiger partial charge in [0.05, 0.1) is 0 Å². The molecule has 4 nitrogen and oxygen atoms in total. The Hall–Kier alpha value is -1.81. The molecule has 0 saturated heterocycles. The Morgan fingerprint density at radius 3 is 2.42 bits per heavy atom. The van der Waals surface area contributed by atoms with Gasteiger partial charge in [0.25, 0.3) is 0 Å². The van der Waals surface area contributed by atoms with E-state index in [0.717, 1.165) is 22.9 Å². The number of halogens is 1. The van der Waals surface area contributed by atoms with Crippen molar-refractivity contribution in [1.29, 1.82) is 0 Å². The predicted octanol–water partition coefficient (Wildman–Crippen LogP) is 2.83. The van der Waals surface area contributed by atoms with Crippen LogP contribution in [-0.4, -0.2) is 31.1 Å². The third-order valence-corrected chi connectivity index (χ3v) is 2.98. The van der Waals surface area contributed by atoms with Gasteiger partial charge in [0.2, 0.25) is 0 Å². The van der Waals surface area contributed by atoms with Gasteiger partial charge in [-0.1, -0.05) is 23.7 Å². The smallest absolute Gasteiger partial charge is 0.136 e. The lowest BCUT2D eigenvalue weighted by Gasteiger charge is -2.12. The van der Waals surface area contributed by atoms with E-state index in [1.807, 2.05) is 38.2 Å². The molecule has 0 aliphatic carbocycles.